The number of morpholine rings is 1. The van der Waals surface area contributed by atoms with Gasteiger partial charge in [0, 0.05) is 30.6 Å². The summed E-state index contributed by atoms with van der Waals surface area (Å²) in [7, 11) is 0. The molecule has 2 fully saturated rings. The minimum Gasteiger partial charge on any atom is -0.378 e. The van der Waals surface area contributed by atoms with Crippen molar-refractivity contribution in [1.29, 1.82) is 0 Å². The van der Waals surface area contributed by atoms with Crippen LogP contribution in [-0.2, 0) is 14.3 Å². The van der Waals surface area contributed by atoms with E-state index >= 15 is 0 Å². The van der Waals surface area contributed by atoms with E-state index in [0.29, 0.717) is 26.3 Å². The second-order valence-electron chi connectivity index (χ2n) is 6.79. The zero-order valence-electron chi connectivity index (χ0n) is 14.3. The minimum absolute atomic E-state index is 0.0124. The van der Waals surface area contributed by atoms with E-state index < -0.39 is 0 Å². The summed E-state index contributed by atoms with van der Waals surface area (Å²) in [6.45, 7) is 4.67. The molecule has 0 unspecified atom stereocenters. The zero-order valence-corrected chi connectivity index (χ0v) is 14.3. The fourth-order valence-electron chi connectivity index (χ4n) is 3.59. The van der Waals surface area contributed by atoms with Crippen molar-refractivity contribution >= 4 is 17.5 Å². The van der Waals surface area contributed by atoms with Crippen LogP contribution < -0.4 is 5.32 Å². The van der Waals surface area contributed by atoms with E-state index in [1.807, 2.05) is 36.1 Å². The van der Waals surface area contributed by atoms with E-state index in [1.54, 1.807) is 0 Å². The molecule has 0 radical (unpaired) electrons. The number of ether oxygens (including phenoxy) is 1. The van der Waals surface area contributed by atoms with Crippen molar-refractivity contribution in [2.45, 2.75) is 32.6 Å². The molecule has 1 aliphatic carbocycles. The Hall–Kier alpha value is -1.88. The van der Waals surface area contributed by atoms with E-state index in [-0.39, 0.29) is 23.7 Å². The SMILES string of the molecule is Cc1ccccc1NC(=O)C1CCC(C(=O)N2CCOCC2)CC1. The van der Waals surface area contributed by atoms with Crippen LogP contribution in [0.5, 0.6) is 0 Å². The van der Waals surface area contributed by atoms with Gasteiger partial charge in [-0.3, -0.25) is 9.59 Å². The summed E-state index contributed by atoms with van der Waals surface area (Å²) in [5.74, 6) is 0.418. The number of aryl methyl sites for hydroxylation is 1. The number of carbonyl (C=O) groups excluding carboxylic acids is 2. The summed E-state index contributed by atoms with van der Waals surface area (Å²) in [6.07, 6.45) is 3.20. The molecule has 5 heteroatoms. The molecule has 1 N–H and O–H groups in total. The first-order valence-corrected chi connectivity index (χ1v) is 8.88. The Bertz CT molecular complexity index is 588. The quantitative estimate of drug-likeness (QED) is 0.927. The van der Waals surface area contributed by atoms with Gasteiger partial charge >= 0.3 is 0 Å². The predicted molar refractivity (Wildman–Crippen MR) is 92.7 cm³/mol. The molecule has 1 saturated heterocycles. The number of benzene rings is 1. The molecule has 1 aromatic carbocycles. The molecule has 1 saturated carbocycles. The molecule has 130 valence electrons. The van der Waals surface area contributed by atoms with Gasteiger partial charge in [-0.2, -0.15) is 0 Å². The summed E-state index contributed by atoms with van der Waals surface area (Å²) in [6, 6.07) is 7.82. The van der Waals surface area contributed by atoms with Crippen LogP contribution in [0.2, 0.25) is 0 Å². The Labute approximate surface area is 143 Å². The highest BCUT2D eigenvalue weighted by Crippen LogP contribution is 2.31. The van der Waals surface area contributed by atoms with Gasteiger partial charge in [0.05, 0.1) is 13.2 Å². The molecule has 1 aliphatic heterocycles. The molecule has 1 heterocycles. The maximum Gasteiger partial charge on any atom is 0.227 e. The summed E-state index contributed by atoms with van der Waals surface area (Å²) in [4.78, 5) is 26.9. The van der Waals surface area contributed by atoms with Crippen LogP contribution in [0.25, 0.3) is 0 Å². The minimum atomic E-state index is 0.0124. The van der Waals surface area contributed by atoms with Crippen molar-refractivity contribution in [3.8, 4) is 0 Å². The fourth-order valence-corrected chi connectivity index (χ4v) is 3.59. The first kappa shape index (κ1) is 17.0. The van der Waals surface area contributed by atoms with Crippen molar-refractivity contribution in [3.63, 3.8) is 0 Å². The van der Waals surface area contributed by atoms with Crippen molar-refractivity contribution in [1.82, 2.24) is 4.90 Å². The number of carbonyl (C=O) groups is 2. The van der Waals surface area contributed by atoms with Crippen LogP contribution in [0.1, 0.15) is 31.2 Å². The summed E-state index contributed by atoms with van der Waals surface area (Å²) < 4.78 is 5.31. The van der Waals surface area contributed by atoms with Crippen LogP contribution in [0, 0.1) is 18.8 Å². The number of anilines is 1. The van der Waals surface area contributed by atoms with Crippen LogP contribution in [-0.4, -0.2) is 43.0 Å². The Kier molecular flexibility index (Phi) is 5.51. The van der Waals surface area contributed by atoms with Crippen LogP contribution in [0.3, 0.4) is 0 Å². The van der Waals surface area contributed by atoms with E-state index in [4.69, 9.17) is 4.74 Å². The van der Waals surface area contributed by atoms with Crippen molar-refractivity contribution in [2.75, 3.05) is 31.6 Å². The van der Waals surface area contributed by atoms with Crippen LogP contribution in [0.4, 0.5) is 5.69 Å². The van der Waals surface area contributed by atoms with E-state index in [2.05, 4.69) is 5.32 Å². The number of hydrogen-bond donors (Lipinski definition) is 1. The van der Waals surface area contributed by atoms with E-state index in [9.17, 15) is 9.59 Å². The van der Waals surface area contributed by atoms with Gasteiger partial charge in [0.2, 0.25) is 11.8 Å². The Morgan fingerprint density at radius 2 is 1.67 bits per heavy atom. The van der Waals surface area contributed by atoms with E-state index in [0.717, 1.165) is 36.9 Å². The third-order valence-electron chi connectivity index (χ3n) is 5.17. The molecule has 5 nitrogen and oxygen atoms in total. The van der Waals surface area contributed by atoms with Crippen LogP contribution >= 0.6 is 0 Å². The molecular weight excluding hydrogens is 304 g/mol. The van der Waals surface area contributed by atoms with Gasteiger partial charge in [0.15, 0.2) is 0 Å². The first-order valence-electron chi connectivity index (χ1n) is 8.88. The zero-order chi connectivity index (χ0) is 16.9. The van der Waals surface area contributed by atoms with Gasteiger partial charge in [-0.05, 0) is 44.2 Å². The number of nitrogens with one attached hydrogen (secondary N) is 1. The Balaban J connectivity index is 1.50. The standard InChI is InChI=1S/C19H26N2O3/c1-14-4-2-3-5-17(14)20-18(22)15-6-8-16(9-7-15)19(23)21-10-12-24-13-11-21/h2-5,15-16H,6-13H2,1H3,(H,20,22). The Morgan fingerprint density at radius 1 is 1.04 bits per heavy atom. The second-order valence-corrected chi connectivity index (χ2v) is 6.79. The molecule has 0 aromatic heterocycles. The maximum atomic E-state index is 12.5. The number of rotatable bonds is 3. The van der Waals surface area contributed by atoms with Crippen molar-refractivity contribution < 1.29 is 14.3 Å². The lowest BCUT2D eigenvalue weighted by Gasteiger charge is -2.33. The topological polar surface area (TPSA) is 58.6 Å². The normalized spacial score (nSPS) is 24.5. The number of para-hydroxylation sites is 1. The van der Waals surface area contributed by atoms with Gasteiger partial charge < -0.3 is 15.0 Å². The van der Waals surface area contributed by atoms with Gasteiger partial charge in [0.1, 0.15) is 0 Å². The molecule has 24 heavy (non-hydrogen) atoms. The molecular formula is C19H26N2O3. The molecule has 2 amide bonds. The number of hydrogen-bond acceptors (Lipinski definition) is 3. The molecule has 2 aliphatic rings. The van der Waals surface area contributed by atoms with Crippen molar-refractivity contribution in [3.05, 3.63) is 29.8 Å². The van der Waals surface area contributed by atoms with E-state index in [1.165, 1.54) is 0 Å². The summed E-state index contributed by atoms with van der Waals surface area (Å²) >= 11 is 0. The smallest absolute Gasteiger partial charge is 0.227 e. The van der Waals surface area contributed by atoms with Gasteiger partial charge in [-0.1, -0.05) is 18.2 Å². The van der Waals surface area contributed by atoms with Crippen LogP contribution in [0.15, 0.2) is 24.3 Å². The lowest BCUT2D eigenvalue weighted by Crippen LogP contribution is -2.44. The van der Waals surface area contributed by atoms with Gasteiger partial charge in [-0.15, -0.1) is 0 Å². The molecule has 1 aromatic rings. The molecule has 3 rings (SSSR count). The van der Waals surface area contributed by atoms with Gasteiger partial charge in [0.25, 0.3) is 0 Å². The molecule has 0 spiro atoms. The Morgan fingerprint density at radius 3 is 2.33 bits per heavy atom. The predicted octanol–water partition coefficient (Wildman–Crippen LogP) is 2.60. The summed E-state index contributed by atoms with van der Waals surface area (Å²) in [5, 5.41) is 3.04. The molecule has 0 atom stereocenters. The number of amides is 2. The van der Waals surface area contributed by atoms with Crippen molar-refractivity contribution in [2.24, 2.45) is 11.8 Å². The third kappa shape index (κ3) is 3.96. The summed E-state index contributed by atoms with van der Waals surface area (Å²) in [5.41, 5.74) is 1.95. The highest BCUT2D eigenvalue weighted by molar-refractivity contribution is 5.93. The molecule has 0 bridgehead atoms. The average molecular weight is 330 g/mol. The average Bonchev–Trinajstić information content (AvgIpc) is 2.64. The number of nitrogens with zero attached hydrogens (tertiary/aromatic N) is 1. The largest absolute Gasteiger partial charge is 0.378 e. The first-order chi connectivity index (χ1) is 11.6. The lowest BCUT2D eigenvalue weighted by molar-refractivity contribution is -0.141. The fraction of sp³-hybridized carbons (Fsp3) is 0.579. The third-order valence-corrected chi connectivity index (χ3v) is 5.17. The van der Waals surface area contributed by atoms with Gasteiger partial charge in [-0.25, -0.2) is 0 Å². The highest BCUT2D eigenvalue weighted by Gasteiger charge is 2.32. The highest BCUT2D eigenvalue weighted by atomic mass is 16.5. The monoisotopic (exact) mass is 330 g/mol. The lowest BCUT2D eigenvalue weighted by atomic mass is 9.80. The second kappa shape index (κ2) is 7.79. The maximum absolute atomic E-state index is 12.5.